The number of rotatable bonds is 3. The van der Waals surface area contributed by atoms with Crippen molar-refractivity contribution in [3.63, 3.8) is 0 Å². The van der Waals surface area contributed by atoms with E-state index in [0.29, 0.717) is 0 Å². The van der Waals surface area contributed by atoms with Crippen molar-refractivity contribution in [1.29, 1.82) is 0 Å². The highest BCUT2D eigenvalue weighted by Crippen LogP contribution is 2.38. The number of alkyl halides is 2. The van der Waals surface area contributed by atoms with Crippen molar-refractivity contribution in [3.05, 3.63) is 29.8 Å². The summed E-state index contributed by atoms with van der Waals surface area (Å²) in [6.45, 7) is 1.64. The fraction of sp³-hybridized carbons (Fsp3) is 0.538. The standard InChI is InChI=1S/C13H17F2NO/c14-13(15,9-10-4-6-16-7-5-10)11-2-1-3-12(17)8-11/h1-3,8,10,16-17H,4-7,9H2. The highest BCUT2D eigenvalue weighted by molar-refractivity contribution is 5.30. The zero-order valence-corrected chi connectivity index (χ0v) is 9.63. The van der Waals surface area contributed by atoms with Gasteiger partial charge in [0.1, 0.15) is 5.75 Å². The molecule has 0 atom stereocenters. The Labute approximate surface area is 99.7 Å². The van der Waals surface area contributed by atoms with Gasteiger partial charge in [0, 0.05) is 12.0 Å². The van der Waals surface area contributed by atoms with Crippen LogP contribution in [0.15, 0.2) is 24.3 Å². The molecule has 0 aliphatic carbocycles. The first-order valence-corrected chi connectivity index (χ1v) is 5.96. The normalized spacial score (nSPS) is 18.2. The van der Waals surface area contributed by atoms with Crippen LogP contribution in [-0.4, -0.2) is 18.2 Å². The molecule has 0 unspecified atom stereocenters. The van der Waals surface area contributed by atoms with Crippen LogP contribution in [-0.2, 0) is 5.92 Å². The number of phenols is 1. The Morgan fingerprint density at radius 3 is 2.65 bits per heavy atom. The second-order valence-electron chi connectivity index (χ2n) is 4.65. The topological polar surface area (TPSA) is 32.3 Å². The van der Waals surface area contributed by atoms with Crippen LogP contribution in [0.25, 0.3) is 0 Å². The molecule has 1 aliphatic rings. The Morgan fingerprint density at radius 2 is 2.00 bits per heavy atom. The first kappa shape index (κ1) is 12.3. The Balaban J connectivity index is 2.06. The predicted molar refractivity (Wildman–Crippen MR) is 62.2 cm³/mol. The van der Waals surface area contributed by atoms with Crippen molar-refractivity contribution in [2.24, 2.45) is 5.92 Å². The van der Waals surface area contributed by atoms with Gasteiger partial charge in [-0.05, 0) is 44.0 Å². The molecule has 4 heteroatoms. The smallest absolute Gasteiger partial charge is 0.273 e. The molecule has 0 radical (unpaired) electrons. The van der Waals surface area contributed by atoms with Gasteiger partial charge in [-0.3, -0.25) is 0 Å². The zero-order valence-electron chi connectivity index (χ0n) is 9.63. The van der Waals surface area contributed by atoms with Gasteiger partial charge in [-0.15, -0.1) is 0 Å². The van der Waals surface area contributed by atoms with Crippen molar-refractivity contribution in [2.45, 2.75) is 25.2 Å². The van der Waals surface area contributed by atoms with E-state index >= 15 is 0 Å². The molecule has 2 nitrogen and oxygen atoms in total. The third-order valence-corrected chi connectivity index (χ3v) is 3.27. The van der Waals surface area contributed by atoms with E-state index in [0.717, 1.165) is 32.0 Å². The highest BCUT2D eigenvalue weighted by Gasteiger charge is 2.35. The first-order chi connectivity index (χ1) is 8.08. The van der Waals surface area contributed by atoms with Crippen molar-refractivity contribution < 1.29 is 13.9 Å². The van der Waals surface area contributed by atoms with Crippen LogP contribution in [0.2, 0.25) is 0 Å². The molecule has 1 saturated heterocycles. The van der Waals surface area contributed by atoms with Gasteiger partial charge in [-0.25, -0.2) is 8.78 Å². The number of nitrogens with one attached hydrogen (secondary N) is 1. The van der Waals surface area contributed by atoms with Crippen molar-refractivity contribution in [1.82, 2.24) is 5.32 Å². The third-order valence-electron chi connectivity index (χ3n) is 3.27. The van der Waals surface area contributed by atoms with Gasteiger partial charge in [-0.1, -0.05) is 12.1 Å². The fourth-order valence-electron chi connectivity index (χ4n) is 2.30. The molecule has 1 aromatic rings. The molecular weight excluding hydrogens is 224 g/mol. The Bertz CT molecular complexity index is 375. The van der Waals surface area contributed by atoms with Crippen LogP contribution in [0.4, 0.5) is 8.78 Å². The van der Waals surface area contributed by atoms with Crippen LogP contribution >= 0.6 is 0 Å². The Morgan fingerprint density at radius 1 is 1.29 bits per heavy atom. The average Bonchev–Trinajstić information content (AvgIpc) is 2.30. The number of benzene rings is 1. The van der Waals surface area contributed by atoms with Crippen LogP contribution in [0.1, 0.15) is 24.8 Å². The van der Waals surface area contributed by atoms with E-state index < -0.39 is 5.92 Å². The van der Waals surface area contributed by atoms with Crippen molar-refractivity contribution in [3.8, 4) is 5.75 Å². The summed E-state index contributed by atoms with van der Waals surface area (Å²) in [5, 5.41) is 12.4. The average molecular weight is 241 g/mol. The molecule has 0 amide bonds. The number of piperidine rings is 1. The third kappa shape index (κ3) is 3.16. The number of phenolic OH excluding ortho intramolecular Hbond substituents is 1. The monoisotopic (exact) mass is 241 g/mol. The molecule has 1 heterocycles. The molecule has 0 bridgehead atoms. The molecule has 0 saturated carbocycles. The van der Waals surface area contributed by atoms with E-state index in [1.54, 1.807) is 0 Å². The summed E-state index contributed by atoms with van der Waals surface area (Å²) >= 11 is 0. The number of halogens is 2. The number of aromatic hydroxyl groups is 1. The quantitative estimate of drug-likeness (QED) is 0.852. The predicted octanol–water partition coefficient (Wildman–Crippen LogP) is 2.87. The summed E-state index contributed by atoms with van der Waals surface area (Å²) in [4.78, 5) is 0. The highest BCUT2D eigenvalue weighted by atomic mass is 19.3. The van der Waals surface area contributed by atoms with E-state index in [1.165, 1.54) is 18.2 Å². The van der Waals surface area contributed by atoms with Crippen molar-refractivity contribution in [2.75, 3.05) is 13.1 Å². The fourth-order valence-corrected chi connectivity index (χ4v) is 2.30. The van der Waals surface area contributed by atoms with Crippen LogP contribution in [0.3, 0.4) is 0 Å². The summed E-state index contributed by atoms with van der Waals surface area (Å²) in [6.07, 6.45) is 1.47. The van der Waals surface area contributed by atoms with Gasteiger partial charge in [0.15, 0.2) is 0 Å². The molecule has 2 N–H and O–H groups in total. The van der Waals surface area contributed by atoms with E-state index in [4.69, 9.17) is 0 Å². The van der Waals surface area contributed by atoms with Gasteiger partial charge in [0.25, 0.3) is 5.92 Å². The Hall–Kier alpha value is -1.16. The number of hydrogen-bond donors (Lipinski definition) is 2. The van der Waals surface area contributed by atoms with Gasteiger partial charge in [0.05, 0.1) is 0 Å². The lowest BCUT2D eigenvalue weighted by Gasteiger charge is -2.27. The maximum atomic E-state index is 14.0. The summed E-state index contributed by atoms with van der Waals surface area (Å²) in [6, 6.07) is 5.40. The maximum absolute atomic E-state index is 14.0. The minimum absolute atomic E-state index is 0.0635. The summed E-state index contributed by atoms with van der Waals surface area (Å²) in [7, 11) is 0. The van der Waals surface area contributed by atoms with E-state index in [2.05, 4.69) is 5.32 Å². The maximum Gasteiger partial charge on any atom is 0.273 e. The van der Waals surface area contributed by atoms with Crippen molar-refractivity contribution >= 4 is 0 Å². The molecule has 1 aromatic carbocycles. The zero-order chi connectivity index (χ0) is 12.3. The minimum atomic E-state index is -2.85. The SMILES string of the molecule is Oc1cccc(C(F)(F)CC2CCNCC2)c1. The molecular formula is C13H17F2NO. The molecule has 17 heavy (non-hydrogen) atoms. The molecule has 1 fully saturated rings. The van der Waals surface area contributed by atoms with Crippen LogP contribution < -0.4 is 5.32 Å². The second-order valence-corrected chi connectivity index (χ2v) is 4.65. The number of hydrogen-bond acceptors (Lipinski definition) is 2. The summed E-state index contributed by atoms with van der Waals surface area (Å²) < 4.78 is 28.0. The summed E-state index contributed by atoms with van der Waals surface area (Å²) in [5.41, 5.74) is -0.0870. The lowest BCUT2D eigenvalue weighted by molar-refractivity contribution is -0.0328. The molecule has 2 rings (SSSR count). The minimum Gasteiger partial charge on any atom is -0.508 e. The second kappa shape index (κ2) is 5.00. The lowest BCUT2D eigenvalue weighted by Crippen LogP contribution is -2.30. The molecule has 94 valence electrons. The molecule has 0 aromatic heterocycles. The van der Waals surface area contributed by atoms with Crippen LogP contribution in [0, 0.1) is 5.92 Å². The van der Waals surface area contributed by atoms with E-state index in [9.17, 15) is 13.9 Å². The molecule has 1 aliphatic heterocycles. The first-order valence-electron chi connectivity index (χ1n) is 5.96. The van der Waals surface area contributed by atoms with Gasteiger partial charge in [0.2, 0.25) is 0 Å². The van der Waals surface area contributed by atoms with E-state index in [-0.39, 0.29) is 23.7 Å². The Kier molecular flexibility index (Phi) is 3.62. The van der Waals surface area contributed by atoms with Gasteiger partial charge in [-0.2, -0.15) is 0 Å². The van der Waals surface area contributed by atoms with Gasteiger partial charge >= 0.3 is 0 Å². The van der Waals surface area contributed by atoms with Crippen LogP contribution in [0.5, 0.6) is 5.75 Å². The lowest BCUT2D eigenvalue weighted by atomic mass is 9.89. The largest absolute Gasteiger partial charge is 0.508 e. The molecule has 0 spiro atoms. The van der Waals surface area contributed by atoms with Gasteiger partial charge < -0.3 is 10.4 Å². The summed E-state index contributed by atoms with van der Waals surface area (Å²) in [5.74, 6) is -2.89. The van der Waals surface area contributed by atoms with E-state index in [1.807, 2.05) is 0 Å².